The molecule has 9 nitrogen and oxygen atoms in total. The Morgan fingerprint density at radius 3 is 2.45 bits per heavy atom. The molecule has 230 valence electrons. The monoisotopic (exact) mass is 609 g/mol. The molecule has 3 unspecified atom stereocenters. The minimum absolute atomic E-state index is 0.00208. The van der Waals surface area contributed by atoms with E-state index in [4.69, 9.17) is 10.5 Å². The summed E-state index contributed by atoms with van der Waals surface area (Å²) in [5, 5.41) is 8.24. The zero-order chi connectivity index (χ0) is 30.8. The van der Waals surface area contributed by atoms with Crippen molar-refractivity contribution in [2.75, 3.05) is 37.8 Å². The van der Waals surface area contributed by atoms with Crippen molar-refractivity contribution in [2.24, 2.45) is 11.7 Å². The highest BCUT2D eigenvalue weighted by molar-refractivity contribution is 8.00. The lowest BCUT2D eigenvalue weighted by atomic mass is 10.0. The lowest BCUT2D eigenvalue weighted by molar-refractivity contribution is -0.145. The van der Waals surface area contributed by atoms with E-state index in [1.54, 1.807) is 7.05 Å². The SMILES string of the molecule is CNCCOC(=O)C(Nc1ccc(CNC(=O)C2SCCN2C(=O)CC(N)Cc2cc(F)c(F)cc2F)cc1)C(C)C. The molecule has 1 aliphatic heterocycles. The Morgan fingerprint density at radius 2 is 1.79 bits per heavy atom. The first-order chi connectivity index (χ1) is 20.0. The maximum Gasteiger partial charge on any atom is 0.328 e. The second-order valence-corrected chi connectivity index (χ2v) is 11.6. The third-order valence-corrected chi connectivity index (χ3v) is 7.91. The highest BCUT2D eigenvalue weighted by atomic mass is 32.2. The Balaban J connectivity index is 1.51. The van der Waals surface area contributed by atoms with E-state index in [9.17, 15) is 27.6 Å². The minimum Gasteiger partial charge on any atom is -0.463 e. The molecule has 2 amide bonds. The van der Waals surface area contributed by atoms with Crippen LogP contribution in [-0.2, 0) is 32.1 Å². The Hall–Kier alpha value is -3.29. The van der Waals surface area contributed by atoms with E-state index in [0.717, 1.165) is 17.3 Å². The number of halogens is 3. The predicted molar refractivity (Wildman–Crippen MR) is 156 cm³/mol. The molecule has 1 heterocycles. The van der Waals surface area contributed by atoms with Gasteiger partial charge in [0.05, 0.1) is 0 Å². The molecule has 0 aromatic heterocycles. The normalized spacial score (nSPS) is 16.3. The summed E-state index contributed by atoms with van der Waals surface area (Å²) in [6, 6.07) is 7.11. The van der Waals surface area contributed by atoms with Gasteiger partial charge >= 0.3 is 5.97 Å². The number of carbonyl (C=O) groups is 3. The smallest absolute Gasteiger partial charge is 0.328 e. The van der Waals surface area contributed by atoms with Crippen LogP contribution in [0.1, 0.15) is 31.4 Å². The molecular weight excluding hydrogens is 571 g/mol. The van der Waals surface area contributed by atoms with E-state index in [0.29, 0.717) is 24.9 Å². The average molecular weight is 610 g/mol. The molecule has 1 aliphatic rings. The largest absolute Gasteiger partial charge is 0.463 e. The predicted octanol–water partition coefficient (Wildman–Crippen LogP) is 2.78. The molecule has 3 rings (SSSR count). The van der Waals surface area contributed by atoms with E-state index in [1.165, 1.54) is 16.7 Å². The van der Waals surface area contributed by atoms with Gasteiger partial charge in [-0.1, -0.05) is 26.0 Å². The van der Waals surface area contributed by atoms with Crippen LogP contribution in [0.15, 0.2) is 36.4 Å². The van der Waals surface area contributed by atoms with E-state index in [-0.39, 0.29) is 55.3 Å². The number of thioether (sulfide) groups is 1. The van der Waals surface area contributed by atoms with Gasteiger partial charge in [-0.2, -0.15) is 0 Å². The standard InChI is InChI=1S/C29H38F3N5O4S/c1-17(2)26(29(40)41-10-8-34-3)36-21-6-4-18(5-7-21)16-35-27(39)28-37(9-11-42-28)25(38)14-20(33)12-19-13-23(31)24(32)15-22(19)30/h4-7,13,15,17,20,26,28,34,36H,8-12,14,16,33H2,1-3H3,(H,35,39). The van der Waals surface area contributed by atoms with Gasteiger partial charge in [0.1, 0.15) is 18.5 Å². The third kappa shape index (κ3) is 9.36. The van der Waals surface area contributed by atoms with Gasteiger partial charge in [0, 0.05) is 49.6 Å². The molecule has 3 atom stereocenters. The van der Waals surface area contributed by atoms with Gasteiger partial charge in [0.25, 0.3) is 5.91 Å². The number of ether oxygens (including phenoxy) is 1. The fourth-order valence-electron chi connectivity index (χ4n) is 4.38. The number of likely N-dealkylation sites (N-methyl/N-ethyl adjacent to an activating group) is 1. The summed E-state index contributed by atoms with van der Waals surface area (Å²) >= 11 is 1.32. The number of amides is 2. The Morgan fingerprint density at radius 1 is 1.10 bits per heavy atom. The van der Waals surface area contributed by atoms with Crippen molar-refractivity contribution >= 4 is 35.2 Å². The molecular formula is C29H38F3N5O4S. The molecule has 0 spiro atoms. The molecule has 42 heavy (non-hydrogen) atoms. The van der Waals surface area contributed by atoms with Crippen molar-refractivity contribution in [1.82, 2.24) is 15.5 Å². The third-order valence-electron chi connectivity index (χ3n) is 6.70. The average Bonchev–Trinajstić information content (AvgIpc) is 3.44. The second-order valence-electron chi connectivity index (χ2n) is 10.4. The Labute approximate surface area is 248 Å². The number of carbonyl (C=O) groups excluding carboxylic acids is 3. The summed E-state index contributed by atoms with van der Waals surface area (Å²) in [5.74, 6) is -3.90. The maximum atomic E-state index is 14.0. The molecule has 0 bridgehead atoms. The number of nitrogens with zero attached hydrogens (tertiary/aromatic N) is 1. The van der Waals surface area contributed by atoms with E-state index >= 15 is 0 Å². The molecule has 2 aromatic carbocycles. The number of nitrogens with two attached hydrogens (primary N) is 1. The molecule has 13 heteroatoms. The van der Waals surface area contributed by atoms with Gasteiger partial charge in [-0.3, -0.25) is 9.59 Å². The highest BCUT2D eigenvalue weighted by Gasteiger charge is 2.35. The van der Waals surface area contributed by atoms with Gasteiger partial charge in [0.15, 0.2) is 17.0 Å². The summed E-state index contributed by atoms with van der Waals surface area (Å²) in [4.78, 5) is 39.7. The first-order valence-electron chi connectivity index (χ1n) is 13.7. The zero-order valence-electron chi connectivity index (χ0n) is 23.9. The van der Waals surface area contributed by atoms with Gasteiger partial charge in [-0.15, -0.1) is 11.8 Å². The highest BCUT2D eigenvalue weighted by Crippen LogP contribution is 2.26. The summed E-state index contributed by atoms with van der Waals surface area (Å²) in [7, 11) is 1.78. The first kappa shape index (κ1) is 33.2. The van der Waals surface area contributed by atoms with Crippen molar-refractivity contribution in [3.63, 3.8) is 0 Å². The van der Waals surface area contributed by atoms with Gasteiger partial charge in [-0.25, -0.2) is 18.0 Å². The van der Waals surface area contributed by atoms with Crippen molar-refractivity contribution in [3.8, 4) is 0 Å². The van der Waals surface area contributed by atoms with Crippen LogP contribution in [0.25, 0.3) is 0 Å². The molecule has 0 aliphatic carbocycles. The number of anilines is 1. The quantitative estimate of drug-likeness (QED) is 0.146. The summed E-state index contributed by atoms with van der Waals surface area (Å²) in [5.41, 5.74) is 7.45. The zero-order valence-corrected chi connectivity index (χ0v) is 24.7. The van der Waals surface area contributed by atoms with Crippen molar-refractivity contribution in [2.45, 2.75) is 50.7 Å². The fourth-order valence-corrected chi connectivity index (χ4v) is 5.54. The number of hydrogen-bond donors (Lipinski definition) is 4. The van der Waals surface area contributed by atoms with Gasteiger partial charge in [-0.05, 0) is 48.7 Å². The van der Waals surface area contributed by atoms with Crippen molar-refractivity contribution in [1.29, 1.82) is 0 Å². The van der Waals surface area contributed by atoms with Crippen LogP contribution < -0.4 is 21.7 Å². The molecule has 2 aromatic rings. The summed E-state index contributed by atoms with van der Waals surface area (Å²) < 4.78 is 46.0. The van der Waals surface area contributed by atoms with Crippen molar-refractivity contribution in [3.05, 3.63) is 65.0 Å². The summed E-state index contributed by atoms with van der Waals surface area (Å²) in [6.45, 7) is 5.28. The fraction of sp³-hybridized carbons (Fsp3) is 0.483. The number of rotatable bonds is 14. The topological polar surface area (TPSA) is 126 Å². The van der Waals surface area contributed by atoms with E-state index in [1.807, 2.05) is 38.1 Å². The van der Waals surface area contributed by atoms with Crippen LogP contribution in [0.4, 0.5) is 18.9 Å². The van der Waals surface area contributed by atoms with Crippen LogP contribution in [0.2, 0.25) is 0 Å². The number of nitrogens with one attached hydrogen (secondary N) is 3. The second kappa shape index (κ2) is 15.8. The number of hydrogen-bond acceptors (Lipinski definition) is 8. The number of benzene rings is 2. The van der Waals surface area contributed by atoms with Crippen LogP contribution in [0.5, 0.6) is 0 Å². The maximum absolute atomic E-state index is 14.0. The van der Waals surface area contributed by atoms with Crippen LogP contribution in [0, 0.1) is 23.4 Å². The van der Waals surface area contributed by atoms with Gasteiger partial charge in [0.2, 0.25) is 5.91 Å². The molecule has 1 fully saturated rings. The lowest BCUT2D eigenvalue weighted by Crippen LogP contribution is -2.46. The minimum atomic E-state index is -1.30. The summed E-state index contributed by atoms with van der Waals surface area (Å²) in [6.07, 6.45) is -0.343. The Kier molecular flexibility index (Phi) is 12.5. The van der Waals surface area contributed by atoms with Crippen LogP contribution in [-0.4, -0.2) is 72.6 Å². The molecule has 1 saturated heterocycles. The number of esters is 1. The lowest BCUT2D eigenvalue weighted by Gasteiger charge is -2.24. The van der Waals surface area contributed by atoms with E-state index < -0.39 is 34.9 Å². The van der Waals surface area contributed by atoms with Crippen molar-refractivity contribution < 1.29 is 32.3 Å². The van der Waals surface area contributed by atoms with E-state index in [2.05, 4.69) is 16.0 Å². The van der Waals surface area contributed by atoms with Crippen LogP contribution in [0.3, 0.4) is 0 Å². The Bertz CT molecular complexity index is 1230. The van der Waals surface area contributed by atoms with Gasteiger partial charge < -0.3 is 31.3 Å². The first-order valence-corrected chi connectivity index (χ1v) is 14.8. The molecule has 0 radical (unpaired) electrons. The molecule has 0 saturated carbocycles. The van der Waals surface area contributed by atoms with Crippen LogP contribution >= 0.6 is 11.8 Å². The molecule has 5 N–H and O–H groups in total.